The number of furan rings is 1. The third kappa shape index (κ3) is 5.56. The predicted octanol–water partition coefficient (Wildman–Crippen LogP) is 14.1. The number of rotatable bonds is 6. The molecule has 8 aromatic carbocycles. The largest absolute Gasteiger partial charge is 0.455 e. The number of aromatic nitrogens is 3. The molecule has 0 fully saturated rings. The first-order valence-corrected chi connectivity index (χ1v) is 19.5. The number of fused-ring (bicyclic) bond motifs is 6. The average Bonchev–Trinajstić information content (AvgIpc) is 3.85. The van der Waals surface area contributed by atoms with Gasteiger partial charge in [-0.25, -0.2) is 15.0 Å². The summed E-state index contributed by atoms with van der Waals surface area (Å²) in [4.78, 5) is 15.8. The Bertz CT molecular complexity index is 3180. The first-order chi connectivity index (χ1) is 27.7. The number of hydrogen-bond acceptors (Lipinski definition) is 5. The summed E-state index contributed by atoms with van der Waals surface area (Å²) in [6.07, 6.45) is 0. The van der Waals surface area contributed by atoms with Crippen molar-refractivity contribution in [2.75, 3.05) is 0 Å². The maximum absolute atomic E-state index is 6.68. The molecule has 0 spiro atoms. The zero-order valence-electron chi connectivity index (χ0n) is 30.1. The second-order valence-corrected chi connectivity index (χ2v) is 15.0. The summed E-state index contributed by atoms with van der Waals surface area (Å²) >= 11 is 1.77. The summed E-state index contributed by atoms with van der Waals surface area (Å²) < 4.78 is 9.07. The lowest BCUT2D eigenvalue weighted by atomic mass is 9.96. The molecule has 262 valence electrons. The highest BCUT2D eigenvalue weighted by atomic mass is 32.1. The molecule has 5 heteroatoms. The molecular weight excluding hydrogens is 703 g/mol. The smallest absolute Gasteiger partial charge is 0.165 e. The van der Waals surface area contributed by atoms with Crippen LogP contribution < -0.4 is 0 Å². The van der Waals surface area contributed by atoms with Crippen molar-refractivity contribution in [2.45, 2.75) is 0 Å². The lowest BCUT2D eigenvalue weighted by Gasteiger charge is -2.13. The highest BCUT2D eigenvalue weighted by molar-refractivity contribution is 7.26. The molecule has 0 radical (unpaired) electrons. The number of benzene rings is 8. The van der Waals surface area contributed by atoms with E-state index in [-0.39, 0.29) is 0 Å². The SMILES string of the molecule is c1ccc(-c2cc(-c3ccccc3)cc(-c3nc(-c4ccc5c(c4)oc4c(-c6ccccc6)cccc45)nc(-c4cccc5c4sc4ccccc45)n3)c2)cc1. The van der Waals surface area contributed by atoms with Crippen molar-refractivity contribution >= 4 is 53.4 Å². The van der Waals surface area contributed by atoms with Gasteiger partial charge in [0.15, 0.2) is 17.5 Å². The summed E-state index contributed by atoms with van der Waals surface area (Å²) in [5.74, 6) is 1.82. The predicted molar refractivity (Wildman–Crippen MR) is 233 cm³/mol. The maximum atomic E-state index is 6.68. The van der Waals surface area contributed by atoms with Gasteiger partial charge in [0.2, 0.25) is 0 Å². The van der Waals surface area contributed by atoms with E-state index < -0.39 is 0 Å². The number of nitrogens with zero attached hydrogens (tertiary/aromatic N) is 3. The van der Waals surface area contributed by atoms with E-state index >= 15 is 0 Å². The van der Waals surface area contributed by atoms with Gasteiger partial charge < -0.3 is 4.42 Å². The minimum Gasteiger partial charge on any atom is -0.455 e. The van der Waals surface area contributed by atoms with E-state index in [2.05, 4.69) is 170 Å². The molecule has 0 N–H and O–H groups in total. The van der Waals surface area contributed by atoms with Crippen LogP contribution in [-0.2, 0) is 0 Å². The monoisotopic (exact) mass is 733 g/mol. The molecule has 11 aromatic rings. The van der Waals surface area contributed by atoms with Crippen LogP contribution in [0.15, 0.2) is 192 Å². The summed E-state index contributed by atoms with van der Waals surface area (Å²) in [5.41, 5.74) is 11.0. The topological polar surface area (TPSA) is 51.8 Å². The quantitative estimate of drug-likeness (QED) is 0.171. The van der Waals surface area contributed by atoms with Gasteiger partial charge in [-0.1, -0.05) is 146 Å². The van der Waals surface area contributed by atoms with Crippen molar-refractivity contribution in [3.63, 3.8) is 0 Å². The lowest BCUT2D eigenvalue weighted by molar-refractivity contribution is 0.670. The van der Waals surface area contributed by atoms with Gasteiger partial charge in [-0.2, -0.15) is 0 Å². The Balaban J connectivity index is 1.14. The van der Waals surface area contributed by atoms with Gasteiger partial charge in [0.05, 0.1) is 0 Å². The third-order valence-corrected chi connectivity index (χ3v) is 11.7. The van der Waals surface area contributed by atoms with Crippen molar-refractivity contribution in [1.29, 1.82) is 0 Å². The molecule has 0 aliphatic carbocycles. The molecule has 56 heavy (non-hydrogen) atoms. The normalized spacial score (nSPS) is 11.6. The third-order valence-electron chi connectivity index (χ3n) is 10.5. The molecule has 0 saturated carbocycles. The summed E-state index contributed by atoms with van der Waals surface area (Å²) in [7, 11) is 0. The second kappa shape index (κ2) is 13.3. The molecule has 0 atom stereocenters. The molecule has 0 amide bonds. The number of thiophene rings is 1. The van der Waals surface area contributed by atoms with Gasteiger partial charge in [0, 0.05) is 53.2 Å². The molecule has 0 aliphatic heterocycles. The molecule has 0 bridgehead atoms. The molecule has 4 nitrogen and oxygen atoms in total. The molecule has 0 aliphatic rings. The molecule has 0 unspecified atom stereocenters. The highest BCUT2D eigenvalue weighted by Crippen LogP contribution is 2.41. The van der Waals surface area contributed by atoms with Gasteiger partial charge in [-0.3, -0.25) is 0 Å². The van der Waals surface area contributed by atoms with E-state index in [4.69, 9.17) is 19.4 Å². The van der Waals surface area contributed by atoms with E-state index in [9.17, 15) is 0 Å². The van der Waals surface area contributed by atoms with Gasteiger partial charge in [-0.05, 0) is 70.3 Å². The Kier molecular flexibility index (Phi) is 7.64. The molecule has 11 rings (SSSR count). The van der Waals surface area contributed by atoms with Crippen LogP contribution in [0.25, 0.3) is 110 Å². The fourth-order valence-electron chi connectivity index (χ4n) is 7.81. The summed E-state index contributed by atoms with van der Waals surface area (Å²) in [5, 5.41) is 4.56. The summed E-state index contributed by atoms with van der Waals surface area (Å²) in [6.45, 7) is 0. The van der Waals surface area contributed by atoms with Crippen LogP contribution in [0.1, 0.15) is 0 Å². The van der Waals surface area contributed by atoms with E-state index in [1.54, 1.807) is 11.3 Å². The average molecular weight is 734 g/mol. The van der Waals surface area contributed by atoms with Crippen LogP contribution in [0.3, 0.4) is 0 Å². The molecule has 3 aromatic heterocycles. The van der Waals surface area contributed by atoms with Crippen LogP contribution >= 0.6 is 11.3 Å². The fraction of sp³-hybridized carbons (Fsp3) is 0. The zero-order chi connectivity index (χ0) is 37.0. The van der Waals surface area contributed by atoms with Crippen LogP contribution in [0, 0.1) is 0 Å². The van der Waals surface area contributed by atoms with Gasteiger partial charge >= 0.3 is 0 Å². The van der Waals surface area contributed by atoms with Gasteiger partial charge in [-0.15, -0.1) is 11.3 Å². The Morgan fingerprint density at radius 3 is 1.61 bits per heavy atom. The van der Waals surface area contributed by atoms with Crippen LogP contribution in [-0.4, -0.2) is 15.0 Å². The molecule has 3 heterocycles. The van der Waals surface area contributed by atoms with E-state index in [0.717, 1.165) is 76.7 Å². The second-order valence-electron chi connectivity index (χ2n) is 14.0. The Morgan fingerprint density at radius 2 is 0.893 bits per heavy atom. The van der Waals surface area contributed by atoms with Crippen molar-refractivity contribution in [1.82, 2.24) is 15.0 Å². The van der Waals surface area contributed by atoms with E-state index in [1.807, 2.05) is 18.2 Å². The Morgan fingerprint density at radius 1 is 0.339 bits per heavy atom. The Labute approximate surface area is 327 Å². The fourth-order valence-corrected chi connectivity index (χ4v) is 9.02. The van der Waals surface area contributed by atoms with Crippen LogP contribution in [0.2, 0.25) is 0 Å². The van der Waals surface area contributed by atoms with Crippen molar-refractivity contribution < 1.29 is 4.42 Å². The maximum Gasteiger partial charge on any atom is 0.165 e. The lowest BCUT2D eigenvalue weighted by Crippen LogP contribution is -2.00. The standard InChI is InChI=1S/C51H31N3OS/c1-4-14-32(15-5-1)36-28-37(33-16-6-2-7-17-33)30-38(29-36)50-52-49(53-51(54-50)44-24-13-23-43-41-20-10-11-25-46(41)56-48(43)44)35-26-27-40-42-22-12-21-39(34-18-8-3-9-19-34)47(42)55-45(40)31-35/h1-31H. The first-order valence-electron chi connectivity index (χ1n) is 18.7. The van der Waals surface area contributed by atoms with E-state index in [0.29, 0.717) is 17.5 Å². The minimum absolute atomic E-state index is 0.583. The van der Waals surface area contributed by atoms with Crippen molar-refractivity contribution in [3.8, 4) is 67.5 Å². The van der Waals surface area contributed by atoms with Crippen molar-refractivity contribution in [3.05, 3.63) is 188 Å². The number of para-hydroxylation sites is 1. The van der Waals surface area contributed by atoms with Gasteiger partial charge in [0.1, 0.15) is 11.2 Å². The van der Waals surface area contributed by atoms with E-state index in [1.165, 1.54) is 15.5 Å². The highest BCUT2D eigenvalue weighted by Gasteiger charge is 2.19. The summed E-state index contributed by atoms with van der Waals surface area (Å²) in [6, 6.07) is 65.6. The molecular formula is C51H31N3OS. The molecule has 0 saturated heterocycles. The minimum atomic E-state index is 0.583. The first kappa shape index (κ1) is 32.2. The van der Waals surface area contributed by atoms with Crippen molar-refractivity contribution in [2.24, 2.45) is 0 Å². The van der Waals surface area contributed by atoms with Crippen LogP contribution in [0.4, 0.5) is 0 Å². The van der Waals surface area contributed by atoms with Crippen LogP contribution in [0.5, 0.6) is 0 Å². The van der Waals surface area contributed by atoms with Gasteiger partial charge in [0.25, 0.3) is 0 Å². The number of hydrogen-bond donors (Lipinski definition) is 0. The Hall–Kier alpha value is -7.21. The zero-order valence-corrected chi connectivity index (χ0v) is 30.9.